The van der Waals surface area contributed by atoms with Crippen molar-refractivity contribution in [1.29, 1.82) is 0 Å². The molecule has 94 heavy (non-hydrogen) atoms. The minimum atomic E-state index is -1.09. The molecule has 7 unspecified atom stereocenters. The highest BCUT2D eigenvalue weighted by atomic mass is 16.6. The number of carbonyl (C=O) groups is 8. The SMILES string of the molecule is CCCCCC(/C=C/C=C\CCCCCCCC(=O)C1CCC1)C1CC(=O)OC1=O.CCCCCCCCC(/C=C/CCCCCCC(=O)OC(CC)CCC(=C=O)CCCCCCC/C=C\C/C=C\C=C\C(CC)C(CC(=O)O)C(=O)C1CCC1)C(CC(=O)O)C(=O)O. The van der Waals surface area contributed by atoms with Gasteiger partial charge >= 0.3 is 35.8 Å². The Hall–Kier alpha value is -5.75. The Kier molecular flexibility index (Phi) is 49.7. The predicted molar refractivity (Wildman–Crippen MR) is 376 cm³/mol. The largest absolute Gasteiger partial charge is 0.481 e. The fourth-order valence-corrected chi connectivity index (χ4v) is 12.8. The zero-order valence-electron chi connectivity index (χ0n) is 58.8. The minimum Gasteiger partial charge on any atom is -0.481 e. The smallest absolute Gasteiger partial charge is 0.317 e. The third-order valence-electron chi connectivity index (χ3n) is 19.3. The second-order valence-electron chi connectivity index (χ2n) is 27.0. The van der Waals surface area contributed by atoms with Gasteiger partial charge in [0.2, 0.25) is 0 Å². The number of unbranched alkanes of at least 4 members (excludes halogenated alkanes) is 21. The maximum absolute atomic E-state index is 12.9. The van der Waals surface area contributed by atoms with E-state index in [9.17, 15) is 58.5 Å². The van der Waals surface area contributed by atoms with Crippen LogP contribution in [0.3, 0.4) is 0 Å². The summed E-state index contributed by atoms with van der Waals surface area (Å²) in [5.74, 6) is -2.76. The van der Waals surface area contributed by atoms with Gasteiger partial charge in [-0.3, -0.25) is 38.4 Å². The molecular formula is C80H126O14. The van der Waals surface area contributed by atoms with Crippen molar-refractivity contribution in [1.82, 2.24) is 0 Å². The van der Waals surface area contributed by atoms with E-state index in [4.69, 9.17) is 9.47 Å². The molecule has 2 aliphatic carbocycles. The van der Waals surface area contributed by atoms with Gasteiger partial charge in [0.05, 0.1) is 31.1 Å². The second-order valence-corrected chi connectivity index (χ2v) is 27.0. The first kappa shape index (κ1) is 84.3. The van der Waals surface area contributed by atoms with Gasteiger partial charge in [0, 0.05) is 36.2 Å². The summed E-state index contributed by atoms with van der Waals surface area (Å²) in [6, 6.07) is 0. The summed E-state index contributed by atoms with van der Waals surface area (Å²) in [5, 5.41) is 28.4. The van der Waals surface area contributed by atoms with E-state index in [1.165, 1.54) is 38.5 Å². The fraction of sp³-hybridized carbons (Fsp3) is 0.725. The number of carboxylic acid groups (broad SMARTS) is 3. The Morgan fingerprint density at radius 2 is 1.06 bits per heavy atom. The molecule has 1 heterocycles. The maximum Gasteiger partial charge on any atom is 0.317 e. The van der Waals surface area contributed by atoms with Crippen LogP contribution in [0.1, 0.15) is 317 Å². The highest BCUT2D eigenvalue weighted by Crippen LogP contribution is 2.35. The van der Waals surface area contributed by atoms with E-state index in [-0.39, 0.29) is 78.6 Å². The van der Waals surface area contributed by atoms with E-state index in [0.29, 0.717) is 43.8 Å². The van der Waals surface area contributed by atoms with Crippen LogP contribution in [0, 0.1) is 47.3 Å². The highest BCUT2D eigenvalue weighted by Gasteiger charge is 2.38. The number of carbonyl (C=O) groups excluding carboxylic acids is 6. The van der Waals surface area contributed by atoms with Crippen molar-refractivity contribution in [3.05, 3.63) is 78.5 Å². The molecule has 3 fully saturated rings. The van der Waals surface area contributed by atoms with Crippen LogP contribution < -0.4 is 0 Å². The molecule has 0 aromatic carbocycles. The van der Waals surface area contributed by atoms with Crippen LogP contribution in [0.2, 0.25) is 0 Å². The van der Waals surface area contributed by atoms with Crippen molar-refractivity contribution in [2.24, 2.45) is 47.3 Å². The number of ketones is 2. The van der Waals surface area contributed by atoms with Crippen LogP contribution in [-0.2, 0) is 52.6 Å². The molecule has 3 rings (SSSR count). The molecule has 2 saturated carbocycles. The number of hydrogen-bond acceptors (Lipinski definition) is 11. The molecular weight excluding hydrogens is 1180 g/mol. The Morgan fingerprint density at radius 3 is 1.64 bits per heavy atom. The summed E-state index contributed by atoms with van der Waals surface area (Å²) in [5.41, 5.74) is 0.760. The van der Waals surface area contributed by atoms with Gasteiger partial charge in [0.1, 0.15) is 23.6 Å². The molecule has 0 radical (unpaired) electrons. The van der Waals surface area contributed by atoms with Gasteiger partial charge in [-0.25, -0.2) is 4.79 Å². The summed E-state index contributed by atoms with van der Waals surface area (Å²) in [6.07, 6.45) is 64.8. The average Bonchev–Trinajstić information content (AvgIpc) is 1.31. The second kappa shape index (κ2) is 55.4. The quantitative estimate of drug-likeness (QED) is 0.0128. The number of carboxylic acids is 3. The first-order chi connectivity index (χ1) is 45.6. The Labute approximate surface area is 567 Å². The van der Waals surface area contributed by atoms with Crippen LogP contribution in [0.5, 0.6) is 0 Å². The lowest BCUT2D eigenvalue weighted by Crippen LogP contribution is -2.33. The lowest BCUT2D eigenvalue weighted by molar-refractivity contribution is -0.154. The van der Waals surface area contributed by atoms with Gasteiger partial charge in [-0.05, 0) is 153 Å². The van der Waals surface area contributed by atoms with Gasteiger partial charge in [-0.15, -0.1) is 0 Å². The van der Waals surface area contributed by atoms with E-state index in [1.807, 2.05) is 50.3 Å². The molecule has 3 N–H and O–H groups in total. The van der Waals surface area contributed by atoms with Gasteiger partial charge < -0.3 is 24.8 Å². The molecule has 1 saturated heterocycles. The van der Waals surface area contributed by atoms with E-state index in [1.54, 1.807) is 0 Å². The van der Waals surface area contributed by atoms with Crippen molar-refractivity contribution >= 4 is 53.3 Å². The maximum atomic E-state index is 12.9. The zero-order chi connectivity index (χ0) is 68.8. The van der Waals surface area contributed by atoms with Gasteiger partial charge in [-0.1, -0.05) is 223 Å². The molecule has 0 bridgehead atoms. The van der Waals surface area contributed by atoms with Crippen molar-refractivity contribution in [3.8, 4) is 0 Å². The summed E-state index contributed by atoms with van der Waals surface area (Å²) >= 11 is 0. The summed E-state index contributed by atoms with van der Waals surface area (Å²) in [6.45, 7) is 8.33. The minimum absolute atomic E-state index is 0.0408. The number of allylic oxidation sites excluding steroid dienone is 13. The zero-order valence-corrected chi connectivity index (χ0v) is 58.8. The van der Waals surface area contributed by atoms with Crippen molar-refractivity contribution in [2.75, 3.05) is 0 Å². The Morgan fingerprint density at radius 1 is 0.521 bits per heavy atom. The average molecular weight is 1310 g/mol. The van der Waals surface area contributed by atoms with Crippen molar-refractivity contribution in [3.63, 3.8) is 0 Å². The number of cyclic esters (lactones) is 2. The molecule has 0 aromatic rings. The Bertz CT molecular complexity index is 2380. The number of hydrogen-bond donors (Lipinski definition) is 3. The van der Waals surface area contributed by atoms with Crippen LogP contribution in [0.15, 0.2) is 78.5 Å². The normalized spacial score (nSPS) is 17.2. The number of rotatable bonds is 58. The summed E-state index contributed by atoms with van der Waals surface area (Å²) in [7, 11) is 0. The molecule has 1 aliphatic heterocycles. The first-order valence-electron chi connectivity index (χ1n) is 37.5. The molecule has 14 nitrogen and oxygen atoms in total. The van der Waals surface area contributed by atoms with Crippen LogP contribution >= 0.6 is 0 Å². The fourth-order valence-electron chi connectivity index (χ4n) is 12.8. The van der Waals surface area contributed by atoms with Crippen LogP contribution in [0.25, 0.3) is 0 Å². The summed E-state index contributed by atoms with van der Waals surface area (Å²) in [4.78, 5) is 107. The molecule has 530 valence electrons. The molecule has 7 atom stereocenters. The van der Waals surface area contributed by atoms with E-state index in [2.05, 4.69) is 56.2 Å². The molecule has 0 spiro atoms. The lowest BCUT2D eigenvalue weighted by atomic mass is 9.72. The van der Waals surface area contributed by atoms with Crippen LogP contribution in [0.4, 0.5) is 0 Å². The number of ether oxygens (including phenoxy) is 2. The van der Waals surface area contributed by atoms with Crippen molar-refractivity contribution < 1.29 is 67.9 Å². The van der Waals surface area contributed by atoms with E-state index in [0.717, 1.165) is 205 Å². The lowest BCUT2D eigenvalue weighted by Gasteiger charge is -2.30. The van der Waals surface area contributed by atoms with Crippen molar-refractivity contribution in [2.45, 2.75) is 323 Å². The topological polar surface area (TPSA) is 233 Å². The predicted octanol–water partition coefficient (Wildman–Crippen LogP) is 20.0. The third-order valence-corrected chi connectivity index (χ3v) is 19.3. The molecule has 14 heteroatoms. The van der Waals surface area contributed by atoms with Gasteiger partial charge in [0.15, 0.2) is 0 Å². The summed E-state index contributed by atoms with van der Waals surface area (Å²) < 4.78 is 10.5. The molecule has 0 amide bonds. The number of Topliss-reactive ketones (excluding diaryl/α,β-unsaturated/α-hetero) is 2. The third kappa shape index (κ3) is 40.6. The van der Waals surface area contributed by atoms with Gasteiger partial charge in [-0.2, -0.15) is 0 Å². The highest BCUT2D eigenvalue weighted by molar-refractivity contribution is 5.95. The standard InChI is InChI=1S/C54H86O10.C26H40O4/c1-4-7-8-9-21-27-33-45(49(54(62)63)41-51(58)59)34-28-23-18-19-24-29-37-52(60)64-47(6-3)39-38-43(42-55)31-25-20-16-14-12-10-11-13-15-17-22-26-32-44(5-2)48(40-50(56)57)53(61)46-35-30-36-46;1-2-3-11-15-21(23-20-25(28)30-26(23)29)16-12-9-7-5-4-6-8-10-13-19-24(27)22-17-14-18-22/h11,13,17,22,26,28,32,34,44-49H,4-10,12,14-16,18-21,23-25,27,29-31,33,35-41H2,1-3H3,(H,56,57)(H,58,59)(H,62,63);7,9,12,16,21-23H,2-6,8,10-11,13-15,17-20H2,1H3/b13-11-,22-17-,32-26+,34-28+;9-7-,16-12+. The monoisotopic (exact) mass is 1310 g/mol. The van der Waals surface area contributed by atoms with Gasteiger partial charge in [0.25, 0.3) is 0 Å². The Balaban J connectivity index is 0.000000829. The molecule has 3 aliphatic rings. The number of aliphatic carboxylic acids is 3. The van der Waals surface area contributed by atoms with E-state index < -0.39 is 29.7 Å². The number of esters is 3. The van der Waals surface area contributed by atoms with E-state index >= 15 is 0 Å². The molecule has 0 aromatic heterocycles. The van der Waals surface area contributed by atoms with Crippen LogP contribution in [-0.4, -0.2) is 74.7 Å². The first-order valence-corrected chi connectivity index (χ1v) is 37.5.